The number of aryl methyl sites for hydroxylation is 2. The molecule has 0 N–H and O–H groups in total. The molecule has 0 fully saturated rings. The molecule has 0 atom stereocenters. The number of fused-ring (bicyclic) bond motifs is 3. The average molecular weight is 665 g/mol. The van der Waals surface area contributed by atoms with Crippen LogP contribution in [0.1, 0.15) is 61.9 Å². The van der Waals surface area contributed by atoms with Gasteiger partial charge in [0.15, 0.2) is 0 Å². The van der Waals surface area contributed by atoms with Crippen LogP contribution in [0.4, 0.5) is 11.4 Å². The van der Waals surface area contributed by atoms with E-state index in [-0.39, 0.29) is 29.6 Å². The fourth-order valence-electron chi connectivity index (χ4n) is 6.75. The van der Waals surface area contributed by atoms with Crippen molar-refractivity contribution in [1.29, 1.82) is 0 Å². The number of benzene rings is 5. The first-order chi connectivity index (χ1) is 24.0. The topological polar surface area (TPSA) is 17.3 Å². The summed E-state index contributed by atoms with van der Waals surface area (Å²) in [6.07, 6.45) is 14.8. The van der Waals surface area contributed by atoms with Gasteiger partial charge in [-0.3, -0.25) is 0 Å². The molecule has 50 heavy (non-hydrogen) atoms. The van der Waals surface area contributed by atoms with E-state index in [1.54, 1.807) is 6.08 Å². The monoisotopic (exact) mass is 664 g/mol. The smallest absolute Gasteiger partial charge is 0.559 e. The van der Waals surface area contributed by atoms with Crippen molar-refractivity contribution in [1.82, 2.24) is 0 Å². The van der Waals surface area contributed by atoms with Crippen LogP contribution in [0.5, 0.6) is 0 Å². The molecule has 0 aromatic heterocycles. The molecule has 7 rings (SSSR count). The van der Waals surface area contributed by atoms with E-state index in [0.29, 0.717) is 6.54 Å². The Morgan fingerprint density at radius 2 is 1.24 bits per heavy atom. The molecule has 0 bridgehead atoms. The van der Waals surface area contributed by atoms with Gasteiger partial charge in [-0.15, -0.1) is 13.1 Å². The van der Waals surface area contributed by atoms with E-state index in [1.807, 2.05) is 20.8 Å². The molecule has 0 spiro atoms. The van der Waals surface area contributed by atoms with Crippen molar-refractivity contribution in [2.75, 3.05) is 5.01 Å². The Morgan fingerprint density at radius 3 is 1.88 bits per heavy atom. The van der Waals surface area contributed by atoms with Gasteiger partial charge in [-0.05, 0) is 95.8 Å². The summed E-state index contributed by atoms with van der Waals surface area (Å²) in [5.41, 5.74) is 22.7. The van der Waals surface area contributed by atoms with Gasteiger partial charge in [-0.2, -0.15) is 0 Å². The number of para-hydroxylation sites is 2. The second kappa shape index (κ2) is 18.7. The van der Waals surface area contributed by atoms with Crippen LogP contribution in [0.15, 0.2) is 146 Å². The molecule has 0 saturated heterocycles. The summed E-state index contributed by atoms with van der Waals surface area (Å²) in [6, 6.07) is 37.6. The first-order valence-corrected chi connectivity index (χ1v) is 17.6. The molecular formula is C47H49N2Na. The minimum Gasteiger partial charge on any atom is -0.559 e. The summed E-state index contributed by atoms with van der Waals surface area (Å²) in [5.74, 6) is 0. The van der Waals surface area contributed by atoms with Gasteiger partial charge in [0.2, 0.25) is 0 Å². The van der Waals surface area contributed by atoms with E-state index < -0.39 is 0 Å². The van der Waals surface area contributed by atoms with Gasteiger partial charge >= 0.3 is 29.6 Å². The van der Waals surface area contributed by atoms with Crippen LogP contribution in [0.2, 0.25) is 0 Å². The van der Waals surface area contributed by atoms with Gasteiger partial charge in [0.1, 0.15) is 0 Å². The van der Waals surface area contributed by atoms with Gasteiger partial charge in [-0.25, -0.2) is 0 Å². The maximum Gasteiger partial charge on any atom is 1.00 e. The molecule has 248 valence electrons. The second-order valence-corrected chi connectivity index (χ2v) is 12.1. The molecule has 0 amide bonds. The zero-order valence-electron chi connectivity index (χ0n) is 31.0. The predicted molar refractivity (Wildman–Crippen MR) is 215 cm³/mol. The van der Waals surface area contributed by atoms with Gasteiger partial charge in [-0.1, -0.05) is 154 Å². The summed E-state index contributed by atoms with van der Waals surface area (Å²) < 4.78 is 0. The number of hydrogen-bond acceptors (Lipinski definition) is 1. The van der Waals surface area contributed by atoms with Crippen molar-refractivity contribution in [2.24, 2.45) is 0 Å². The Kier molecular flexibility index (Phi) is 14.5. The first-order valence-electron chi connectivity index (χ1n) is 17.6. The fraction of sp³-hybridized carbons (Fsp3) is 0.191. The van der Waals surface area contributed by atoms with Crippen molar-refractivity contribution >= 4 is 16.9 Å². The zero-order chi connectivity index (χ0) is 34.8. The number of hydrogen-bond donors (Lipinski definition) is 0. The third kappa shape index (κ3) is 8.40. The number of anilines is 2. The SMILES string of the molecule is C=CC.CC.CCc1c(C2=CC=CCC=C2)cc(C)cc1-c1ccccc1N1[N-]Cc2c(-c3ccccc3)cc(C)cc2-c2ccccc21.[Na+]. The van der Waals surface area contributed by atoms with Crippen LogP contribution in [0, 0.1) is 13.8 Å². The minimum atomic E-state index is 0. The molecule has 1 aliphatic carbocycles. The van der Waals surface area contributed by atoms with E-state index >= 15 is 0 Å². The molecule has 2 aliphatic rings. The molecule has 1 heterocycles. The normalized spacial score (nSPS) is 12.7. The van der Waals surface area contributed by atoms with Crippen LogP contribution >= 0.6 is 0 Å². The molecule has 2 nitrogen and oxygen atoms in total. The van der Waals surface area contributed by atoms with Crippen LogP contribution in [-0.4, -0.2) is 0 Å². The van der Waals surface area contributed by atoms with Crippen LogP contribution < -0.4 is 34.6 Å². The molecule has 0 radical (unpaired) electrons. The summed E-state index contributed by atoms with van der Waals surface area (Å²) in [5, 5.41) is 2.20. The molecule has 3 heteroatoms. The van der Waals surface area contributed by atoms with Crippen molar-refractivity contribution in [3.8, 4) is 33.4 Å². The van der Waals surface area contributed by atoms with Gasteiger partial charge in [0.25, 0.3) is 0 Å². The Labute approximate surface area is 323 Å². The summed E-state index contributed by atoms with van der Waals surface area (Å²) >= 11 is 0. The van der Waals surface area contributed by atoms with Crippen LogP contribution in [-0.2, 0) is 13.0 Å². The molecule has 5 aromatic carbocycles. The Morgan fingerprint density at radius 1 is 0.700 bits per heavy atom. The Hall–Kier alpha value is -4.18. The molecule has 5 aromatic rings. The van der Waals surface area contributed by atoms with E-state index in [0.717, 1.165) is 24.2 Å². The van der Waals surface area contributed by atoms with Crippen molar-refractivity contribution in [2.45, 2.75) is 60.9 Å². The van der Waals surface area contributed by atoms with Gasteiger partial charge < -0.3 is 10.4 Å². The number of nitrogens with zero attached hydrogens (tertiary/aromatic N) is 2. The van der Waals surface area contributed by atoms with E-state index in [4.69, 9.17) is 5.43 Å². The van der Waals surface area contributed by atoms with Gasteiger partial charge in [0.05, 0.1) is 0 Å². The molecule has 0 unspecified atom stereocenters. The van der Waals surface area contributed by atoms with Gasteiger partial charge in [0, 0.05) is 22.5 Å². The summed E-state index contributed by atoms with van der Waals surface area (Å²) in [7, 11) is 0. The maximum atomic E-state index is 5.38. The molecular weight excluding hydrogens is 616 g/mol. The zero-order valence-corrected chi connectivity index (χ0v) is 33.0. The standard InChI is InChI=1S/C42H37N2.C3H6.C2H6.Na/c1-4-33-36(31-16-8-5-6-9-17-31)24-29(2)26-38(33)34-20-12-14-22-41(34)44-42-23-15-13-21-35(42)39-27-30(3)25-37(40(39)28-43-44)32-18-10-7-11-19-32;1-3-2;1-2;/h5,7-27H,4,6,28H2,1-3H3;3H,1H2,2H3;1-2H3;/q-1;;;+1. The second-order valence-electron chi connectivity index (χ2n) is 12.1. The van der Waals surface area contributed by atoms with Crippen molar-refractivity contribution < 1.29 is 29.6 Å². The number of rotatable bonds is 5. The van der Waals surface area contributed by atoms with Crippen molar-refractivity contribution in [3.63, 3.8) is 0 Å². The van der Waals surface area contributed by atoms with Crippen LogP contribution in [0.25, 0.3) is 44.4 Å². The molecule has 0 saturated carbocycles. The summed E-state index contributed by atoms with van der Waals surface area (Å²) in [4.78, 5) is 0. The minimum absolute atomic E-state index is 0. The fourth-order valence-corrected chi connectivity index (χ4v) is 6.75. The van der Waals surface area contributed by atoms with E-state index in [9.17, 15) is 0 Å². The largest absolute Gasteiger partial charge is 1.00 e. The number of allylic oxidation sites excluding steroid dienone is 7. The van der Waals surface area contributed by atoms with E-state index in [2.05, 4.69) is 166 Å². The third-order valence-electron chi connectivity index (χ3n) is 8.73. The quantitative estimate of drug-likeness (QED) is 0.135. The third-order valence-corrected chi connectivity index (χ3v) is 8.73. The Bertz CT molecular complexity index is 2000. The van der Waals surface area contributed by atoms with Crippen LogP contribution in [0.3, 0.4) is 0 Å². The predicted octanol–water partition coefficient (Wildman–Crippen LogP) is 10.9. The molecule has 1 aliphatic heterocycles. The Balaban J connectivity index is 0.000000890. The maximum absolute atomic E-state index is 5.38. The summed E-state index contributed by atoms with van der Waals surface area (Å²) in [6.45, 7) is 16.5. The average Bonchev–Trinajstić information content (AvgIpc) is 3.51. The van der Waals surface area contributed by atoms with E-state index in [1.165, 1.54) is 66.8 Å². The van der Waals surface area contributed by atoms with Crippen molar-refractivity contribution in [3.05, 3.63) is 179 Å². The first kappa shape index (κ1) is 38.6.